The van der Waals surface area contributed by atoms with Crippen molar-refractivity contribution in [3.05, 3.63) is 0 Å². The molecule has 0 radical (unpaired) electrons. The van der Waals surface area contributed by atoms with E-state index in [1.807, 2.05) is 0 Å². The van der Waals surface area contributed by atoms with Gasteiger partial charge in [0.25, 0.3) is 0 Å². The van der Waals surface area contributed by atoms with Crippen LogP contribution in [0, 0.1) is 16.7 Å². The highest BCUT2D eigenvalue weighted by molar-refractivity contribution is 4.86. The molecule has 3 heteroatoms. The molecule has 12 heavy (non-hydrogen) atoms. The van der Waals surface area contributed by atoms with Crippen LogP contribution in [0.5, 0.6) is 0 Å². The Kier molecular flexibility index (Phi) is 3.07. The Bertz CT molecular complexity index is 187. The average Bonchev–Trinajstić information content (AvgIpc) is 2.45. The predicted octanol–water partition coefficient (Wildman–Crippen LogP) is 0.604. The van der Waals surface area contributed by atoms with Crippen LogP contribution in [0.3, 0.4) is 0 Å². The molecule has 68 valence electrons. The van der Waals surface area contributed by atoms with Gasteiger partial charge in [0, 0.05) is 31.5 Å². The molecule has 1 unspecified atom stereocenters. The normalized spacial score (nSPS) is 30.4. The molecule has 1 N–H and O–H groups in total. The van der Waals surface area contributed by atoms with E-state index in [-0.39, 0.29) is 12.0 Å². The van der Waals surface area contributed by atoms with E-state index in [0.29, 0.717) is 6.42 Å². The molecule has 0 aromatic carbocycles. The molecule has 1 fully saturated rings. The second-order valence-electron chi connectivity index (χ2n) is 3.90. The summed E-state index contributed by atoms with van der Waals surface area (Å²) in [7, 11) is 0. The van der Waals surface area contributed by atoms with Gasteiger partial charge in [0.15, 0.2) is 0 Å². The summed E-state index contributed by atoms with van der Waals surface area (Å²) in [6.45, 7) is 5.17. The predicted molar refractivity (Wildman–Crippen MR) is 46.5 cm³/mol. The molecule has 0 amide bonds. The van der Waals surface area contributed by atoms with Crippen molar-refractivity contribution in [2.75, 3.05) is 26.2 Å². The van der Waals surface area contributed by atoms with E-state index >= 15 is 0 Å². The lowest BCUT2D eigenvalue weighted by atomic mass is 9.91. The fourth-order valence-electron chi connectivity index (χ4n) is 1.65. The van der Waals surface area contributed by atoms with Gasteiger partial charge in [-0.25, -0.2) is 0 Å². The van der Waals surface area contributed by atoms with Crippen molar-refractivity contribution in [3.8, 4) is 6.07 Å². The van der Waals surface area contributed by atoms with Crippen molar-refractivity contribution in [2.24, 2.45) is 5.41 Å². The average molecular weight is 168 g/mol. The van der Waals surface area contributed by atoms with Crippen LogP contribution in [0.4, 0.5) is 0 Å². The van der Waals surface area contributed by atoms with Crippen LogP contribution in [-0.2, 0) is 0 Å². The maximum Gasteiger partial charge on any atom is 0.0635 e. The number of nitrogens with zero attached hydrogens (tertiary/aromatic N) is 2. The maximum atomic E-state index is 9.08. The first kappa shape index (κ1) is 9.50. The Hall–Kier alpha value is -0.590. The van der Waals surface area contributed by atoms with Crippen molar-refractivity contribution in [1.82, 2.24) is 4.90 Å². The van der Waals surface area contributed by atoms with Crippen molar-refractivity contribution in [3.63, 3.8) is 0 Å². The largest absolute Gasteiger partial charge is 0.396 e. The third-order valence-electron chi connectivity index (χ3n) is 2.56. The van der Waals surface area contributed by atoms with E-state index in [0.717, 1.165) is 26.1 Å². The summed E-state index contributed by atoms with van der Waals surface area (Å²) in [6.07, 6.45) is 1.65. The summed E-state index contributed by atoms with van der Waals surface area (Å²) in [5, 5.41) is 17.5. The lowest BCUT2D eigenvalue weighted by molar-refractivity contribution is 0.146. The van der Waals surface area contributed by atoms with Crippen LogP contribution in [-0.4, -0.2) is 36.2 Å². The lowest BCUT2D eigenvalue weighted by Crippen LogP contribution is -2.28. The van der Waals surface area contributed by atoms with Crippen LogP contribution in [0.15, 0.2) is 0 Å². The first-order chi connectivity index (χ1) is 5.70. The number of rotatable bonds is 3. The van der Waals surface area contributed by atoms with Gasteiger partial charge in [0.2, 0.25) is 0 Å². The van der Waals surface area contributed by atoms with Crippen LogP contribution >= 0.6 is 0 Å². The molecule has 1 heterocycles. The van der Waals surface area contributed by atoms with Crippen LogP contribution in [0.1, 0.15) is 19.8 Å². The molecular weight excluding hydrogens is 152 g/mol. The Morgan fingerprint density at radius 1 is 1.67 bits per heavy atom. The van der Waals surface area contributed by atoms with Crippen molar-refractivity contribution < 1.29 is 5.11 Å². The second kappa shape index (κ2) is 3.88. The zero-order valence-electron chi connectivity index (χ0n) is 7.58. The van der Waals surface area contributed by atoms with Gasteiger partial charge in [-0.05, 0) is 13.0 Å². The van der Waals surface area contributed by atoms with Gasteiger partial charge in [0.1, 0.15) is 0 Å². The molecule has 0 aromatic rings. The minimum atomic E-state index is 0.0788. The van der Waals surface area contributed by atoms with Gasteiger partial charge in [-0.15, -0.1) is 0 Å². The van der Waals surface area contributed by atoms with Gasteiger partial charge < -0.3 is 10.0 Å². The standard InChI is InChI=1S/C9H16N2O/c1-9(8-12)3-6-11(7-9)5-2-4-10/h12H,2-3,5-8H2,1H3. The highest BCUT2D eigenvalue weighted by Crippen LogP contribution is 2.28. The number of nitriles is 1. The third-order valence-corrected chi connectivity index (χ3v) is 2.56. The summed E-state index contributed by atoms with van der Waals surface area (Å²) in [5.74, 6) is 0. The summed E-state index contributed by atoms with van der Waals surface area (Å²) < 4.78 is 0. The van der Waals surface area contributed by atoms with Crippen LogP contribution < -0.4 is 0 Å². The molecule has 0 aliphatic carbocycles. The highest BCUT2D eigenvalue weighted by Gasteiger charge is 2.32. The van der Waals surface area contributed by atoms with E-state index in [1.54, 1.807) is 0 Å². The molecular formula is C9H16N2O. The van der Waals surface area contributed by atoms with E-state index in [9.17, 15) is 0 Å². The van der Waals surface area contributed by atoms with Gasteiger partial charge in [-0.1, -0.05) is 6.92 Å². The third kappa shape index (κ3) is 2.20. The number of aliphatic hydroxyl groups is 1. The quantitative estimate of drug-likeness (QED) is 0.671. The van der Waals surface area contributed by atoms with E-state index in [2.05, 4.69) is 17.9 Å². The molecule has 1 aliphatic heterocycles. The topological polar surface area (TPSA) is 47.3 Å². The van der Waals surface area contributed by atoms with Gasteiger partial charge in [-0.3, -0.25) is 0 Å². The molecule has 1 rings (SSSR count). The van der Waals surface area contributed by atoms with E-state index in [1.165, 1.54) is 0 Å². The minimum absolute atomic E-state index is 0.0788. The minimum Gasteiger partial charge on any atom is -0.396 e. The second-order valence-corrected chi connectivity index (χ2v) is 3.90. The maximum absolute atomic E-state index is 9.08. The van der Waals surface area contributed by atoms with E-state index in [4.69, 9.17) is 10.4 Å². The lowest BCUT2D eigenvalue weighted by Gasteiger charge is -2.21. The number of likely N-dealkylation sites (tertiary alicyclic amines) is 1. The SMILES string of the molecule is CC1(CO)CCN(CCC#N)C1. The monoisotopic (exact) mass is 168 g/mol. The summed E-state index contributed by atoms with van der Waals surface area (Å²) in [4.78, 5) is 2.25. The number of hydrogen-bond donors (Lipinski definition) is 1. The first-order valence-corrected chi connectivity index (χ1v) is 4.40. The zero-order chi connectivity index (χ0) is 9.03. The summed E-state index contributed by atoms with van der Waals surface area (Å²) >= 11 is 0. The Labute approximate surface area is 73.6 Å². The van der Waals surface area contributed by atoms with Crippen molar-refractivity contribution in [1.29, 1.82) is 5.26 Å². The molecule has 1 saturated heterocycles. The molecule has 3 nitrogen and oxygen atoms in total. The molecule has 0 bridgehead atoms. The van der Waals surface area contributed by atoms with Gasteiger partial charge >= 0.3 is 0 Å². The highest BCUT2D eigenvalue weighted by atomic mass is 16.3. The van der Waals surface area contributed by atoms with Crippen LogP contribution in [0.25, 0.3) is 0 Å². The Morgan fingerprint density at radius 3 is 2.92 bits per heavy atom. The fraction of sp³-hybridized carbons (Fsp3) is 0.889. The molecule has 1 atom stereocenters. The number of aliphatic hydroxyl groups excluding tert-OH is 1. The van der Waals surface area contributed by atoms with Gasteiger partial charge in [0.05, 0.1) is 6.07 Å². The van der Waals surface area contributed by atoms with Gasteiger partial charge in [-0.2, -0.15) is 5.26 Å². The smallest absolute Gasteiger partial charge is 0.0635 e. The van der Waals surface area contributed by atoms with Crippen molar-refractivity contribution >= 4 is 0 Å². The molecule has 0 aromatic heterocycles. The fourth-order valence-corrected chi connectivity index (χ4v) is 1.65. The summed E-state index contributed by atoms with van der Waals surface area (Å²) in [6, 6.07) is 2.14. The molecule has 1 aliphatic rings. The summed E-state index contributed by atoms with van der Waals surface area (Å²) in [5.41, 5.74) is 0.0788. The van der Waals surface area contributed by atoms with E-state index < -0.39 is 0 Å². The Morgan fingerprint density at radius 2 is 2.42 bits per heavy atom. The zero-order valence-corrected chi connectivity index (χ0v) is 7.58. The molecule has 0 saturated carbocycles. The Balaban J connectivity index is 2.31. The first-order valence-electron chi connectivity index (χ1n) is 4.40. The molecule has 0 spiro atoms. The van der Waals surface area contributed by atoms with Crippen molar-refractivity contribution in [2.45, 2.75) is 19.8 Å². The number of hydrogen-bond acceptors (Lipinski definition) is 3. The van der Waals surface area contributed by atoms with Crippen LogP contribution in [0.2, 0.25) is 0 Å².